The monoisotopic (exact) mass is 462 g/mol. The Morgan fingerprint density at radius 1 is 0.806 bits per heavy atom. The van der Waals surface area contributed by atoms with Crippen LogP contribution in [0.25, 0.3) is 12.4 Å². The van der Waals surface area contributed by atoms with Crippen molar-refractivity contribution in [2.24, 2.45) is 0 Å². The molecule has 0 aliphatic carbocycles. The van der Waals surface area contributed by atoms with Gasteiger partial charge in [-0.25, -0.2) is 27.5 Å². The van der Waals surface area contributed by atoms with Crippen LogP contribution in [0.4, 0.5) is 0 Å². The van der Waals surface area contributed by atoms with Crippen molar-refractivity contribution in [2.45, 2.75) is 13.5 Å². The van der Waals surface area contributed by atoms with Crippen LogP contribution >= 0.6 is 0 Å². The van der Waals surface area contributed by atoms with Gasteiger partial charge in [0.1, 0.15) is 0 Å². The summed E-state index contributed by atoms with van der Waals surface area (Å²) in [5, 5.41) is 13.4. The first-order valence-corrected chi connectivity index (χ1v) is 9.11. The Bertz CT molecular complexity index is 1130. The van der Waals surface area contributed by atoms with Crippen molar-refractivity contribution >= 4 is 34.7 Å². The lowest BCUT2D eigenvalue weighted by Crippen LogP contribution is -2.27. The zero-order valence-corrected chi connectivity index (χ0v) is 16.6. The maximum Gasteiger partial charge on any atom is 0.403 e. The highest BCUT2D eigenvalue weighted by Crippen LogP contribution is 1.98. The zero-order valence-electron chi connectivity index (χ0n) is 15.8. The fourth-order valence-electron chi connectivity index (χ4n) is 1.58. The predicted octanol–water partition coefficient (Wildman–Crippen LogP) is -3.63. The van der Waals surface area contributed by atoms with E-state index in [1.54, 1.807) is 0 Å². The highest BCUT2D eigenvalue weighted by Gasteiger charge is 2.17. The largest absolute Gasteiger partial charge is 0.466 e. The quantitative estimate of drug-likeness (QED) is 0.246. The molecule has 0 spiro atoms. The molecule has 2 heterocycles. The summed E-state index contributed by atoms with van der Waals surface area (Å²) in [6.07, 6.45) is 3.64. The lowest BCUT2D eigenvalue weighted by atomic mass is 10.6. The van der Waals surface area contributed by atoms with E-state index in [1.165, 1.54) is 0 Å². The van der Waals surface area contributed by atoms with E-state index in [9.17, 15) is 27.6 Å². The summed E-state index contributed by atoms with van der Waals surface area (Å²) < 4.78 is 43.4. The van der Waals surface area contributed by atoms with E-state index in [0.717, 1.165) is 38.8 Å². The van der Waals surface area contributed by atoms with Crippen LogP contribution in [-0.2, 0) is 51.3 Å². The Balaban J connectivity index is 1.97. The number of ether oxygens (including phenoxy) is 2. The summed E-state index contributed by atoms with van der Waals surface area (Å²) in [7, 11) is -2.46. The smallest absolute Gasteiger partial charge is 0.403 e. The number of tetrazole rings is 2. The average molecular weight is 462 g/mol. The van der Waals surface area contributed by atoms with Gasteiger partial charge in [0.15, 0.2) is 13.5 Å². The molecule has 0 unspecified atom stereocenters. The molecule has 2 aromatic rings. The molecule has 31 heavy (non-hydrogen) atoms. The standard InChI is InChI=1S/C12H14N8O10S/c1-27-9(21)3-5-17-11(23)19(15-13-17)7-29-31(25,26)30-8-20-12(24)18(14-16-20)6-4-10(22)28-2/h3-6H,7-8H2,1-2H3/b5-3+,6-4+. The number of methoxy groups -OCH3 is 2. The number of rotatable bonds is 10. The van der Waals surface area contributed by atoms with Crippen LogP contribution < -0.4 is 11.4 Å². The maximum atomic E-state index is 11.9. The number of nitrogens with zero attached hydrogens (tertiary/aromatic N) is 8. The van der Waals surface area contributed by atoms with Crippen LogP contribution in [0.3, 0.4) is 0 Å². The molecule has 0 aliphatic rings. The molecular weight excluding hydrogens is 448 g/mol. The van der Waals surface area contributed by atoms with Gasteiger partial charge in [-0.1, -0.05) is 0 Å². The van der Waals surface area contributed by atoms with E-state index in [2.05, 4.69) is 38.7 Å². The second-order valence-electron chi connectivity index (χ2n) is 4.99. The first-order chi connectivity index (χ1) is 14.7. The van der Waals surface area contributed by atoms with Gasteiger partial charge < -0.3 is 9.47 Å². The second-order valence-corrected chi connectivity index (χ2v) is 6.28. The molecule has 0 N–H and O–H groups in total. The number of esters is 2. The highest BCUT2D eigenvalue weighted by atomic mass is 32.3. The Hall–Kier alpha value is -3.97. The molecule has 0 amide bonds. The minimum absolute atomic E-state index is 0.503. The molecule has 18 nitrogen and oxygen atoms in total. The predicted molar refractivity (Wildman–Crippen MR) is 94.3 cm³/mol. The lowest BCUT2D eigenvalue weighted by molar-refractivity contribution is -0.135. The summed E-state index contributed by atoms with van der Waals surface area (Å²) in [6, 6.07) is 0. The number of hydrogen-bond donors (Lipinski definition) is 0. The highest BCUT2D eigenvalue weighted by molar-refractivity contribution is 7.81. The molecule has 0 fully saturated rings. The maximum absolute atomic E-state index is 11.9. The van der Waals surface area contributed by atoms with Gasteiger partial charge in [-0.3, -0.25) is 0 Å². The molecule has 2 aromatic heterocycles. The van der Waals surface area contributed by atoms with Gasteiger partial charge in [-0.15, -0.1) is 0 Å². The Labute approximate surface area is 171 Å². The SMILES string of the molecule is COC(=O)/C=C/n1nnn(COS(=O)(=O)OCn2nnn(/C=C/C(=O)OC)c2=O)c1=O. The van der Waals surface area contributed by atoms with Crippen molar-refractivity contribution in [3.05, 3.63) is 33.1 Å². The molecule has 0 aliphatic heterocycles. The van der Waals surface area contributed by atoms with E-state index in [1.807, 2.05) is 0 Å². The molecule has 19 heteroatoms. The van der Waals surface area contributed by atoms with Gasteiger partial charge >= 0.3 is 33.7 Å². The van der Waals surface area contributed by atoms with E-state index < -0.39 is 47.2 Å². The average Bonchev–Trinajstić information content (AvgIpc) is 3.29. The molecular formula is C12H14N8O10S. The van der Waals surface area contributed by atoms with Crippen molar-refractivity contribution in [1.82, 2.24) is 39.6 Å². The van der Waals surface area contributed by atoms with Gasteiger partial charge in [0.05, 0.1) is 14.2 Å². The zero-order chi connectivity index (χ0) is 23.0. The number of aromatic nitrogens is 8. The van der Waals surface area contributed by atoms with Gasteiger partial charge in [0.25, 0.3) is 0 Å². The topological polar surface area (TPSA) is 211 Å². The van der Waals surface area contributed by atoms with Crippen LogP contribution in [0.5, 0.6) is 0 Å². The Morgan fingerprint density at radius 3 is 1.55 bits per heavy atom. The normalized spacial score (nSPS) is 11.9. The molecule has 0 atom stereocenters. The molecule has 0 bridgehead atoms. The first-order valence-electron chi connectivity index (χ1n) is 7.77. The third-order valence-electron chi connectivity index (χ3n) is 3.07. The van der Waals surface area contributed by atoms with Crippen molar-refractivity contribution in [3.63, 3.8) is 0 Å². The van der Waals surface area contributed by atoms with Crippen LogP contribution in [0.1, 0.15) is 0 Å². The van der Waals surface area contributed by atoms with Crippen LogP contribution in [0.2, 0.25) is 0 Å². The van der Waals surface area contributed by atoms with Gasteiger partial charge in [0, 0.05) is 24.6 Å². The van der Waals surface area contributed by atoms with Crippen LogP contribution in [-0.4, -0.2) is 74.2 Å². The van der Waals surface area contributed by atoms with Crippen molar-refractivity contribution in [2.75, 3.05) is 14.2 Å². The number of carbonyl (C=O) groups excluding carboxylic acids is 2. The van der Waals surface area contributed by atoms with Crippen LogP contribution in [0, 0.1) is 0 Å². The van der Waals surface area contributed by atoms with Crippen molar-refractivity contribution in [1.29, 1.82) is 0 Å². The molecule has 0 radical (unpaired) electrons. The summed E-state index contributed by atoms with van der Waals surface area (Å²) in [5.41, 5.74) is -1.88. The minimum Gasteiger partial charge on any atom is -0.466 e. The van der Waals surface area contributed by atoms with Gasteiger partial charge in [-0.05, 0) is 20.9 Å². The Morgan fingerprint density at radius 2 is 1.19 bits per heavy atom. The molecule has 0 aromatic carbocycles. The number of carbonyl (C=O) groups is 2. The van der Waals surface area contributed by atoms with Gasteiger partial charge in [0.2, 0.25) is 0 Å². The summed E-state index contributed by atoms with van der Waals surface area (Å²) >= 11 is 0. The summed E-state index contributed by atoms with van der Waals surface area (Å²) in [5.74, 6) is -1.52. The van der Waals surface area contributed by atoms with E-state index in [4.69, 9.17) is 0 Å². The minimum atomic E-state index is -4.71. The fraction of sp³-hybridized carbons (Fsp3) is 0.333. The third kappa shape index (κ3) is 6.52. The summed E-state index contributed by atoms with van der Waals surface area (Å²) in [6.45, 7) is -1.84. The Kier molecular flexibility index (Phi) is 7.65. The molecule has 0 saturated heterocycles. The second kappa shape index (κ2) is 10.2. The summed E-state index contributed by atoms with van der Waals surface area (Å²) in [4.78, 5) is 45.8. The van der Waals surface area contributed by atoms with Crippen molar-refractivity contribution < 1.29 is 35.8 Å². The van der Waals surface area contributed by atoms with E-state index in [0.29, 0.717) is 18.7 Å². The van der Waals surface area contributed by atoms with Crippen LogP contribution in [0.15, 0.2) is 21.7 Å². The van der Waals surface area contributed by atoms with Gasteiger partial charge in [-0.2, -0.15) is 27.1 Å². The molecule has 0 saturated carbocycles. The van der Waals surface area contributed by atoms with E-state index in [-0.39, 0.29) is 0 Å². The third-order valence-corrected chi connectivity index (χ3v) is 3.86. The first kappa shape index (κ1) is 23.3. The fourth-order valence-corrected chi connectivity index (χ4v) is 2.11. The molecule has 168 valence electrons. The lowest BCUT2D eigenvalue weighted by Gasteiger charge is -2.04. The molecule has 2 rings (SSSR count). The number of hydrogen-bond acceptors (Lipinski definition) is 14. The van der Waals surface area contributed by atoms with Crippen molar-refractivity contribution in [3.8, 4) is 0 Å². The van der Waals surface area contributed by atoms with E-state index >= 15 is 0 Å².